The zero-order valence-corrected chi connectivity index (χ0v) is 16.2. The molecule has 0 aliphatic carbocycles. The Morgan fingerprint density at radius 3 is 2.71 bits per heavy atom. The van der Waals surface area contributed by atoms with E-state index in [0.29, 0.717) is 17.0 Å². The Bertz CT molecular complexity index is 1160. The van der Waals surface area contributed by atoms with Crippen LogP contribution in [0.4, 0.5) is 0 Å². The quantitative estimate of drug-likeness (QED) is 0.455. The summed E-state index contributed by atoms with van der Waals surface area (Å²) in [5.41, 5.74) is 4.28. The summed E-state index contributed by atoms with van der Waals surface area (Å²) >= 11 is 1.65. The van der Waals surface area contributed by atoms with E-state index in [9.17, 15) is 0 Å². The van der Waals surface area contributed by atoms with Crippen molar-refractivity contribution in [1.82, 2.24) is 19.9 Å². The molecule has 2 aromatic heterocycles. The number of hydrogen-bond donors (Lipinski definition) is 0. The van der Waals surface area contributed by atoms with Gasteiger partial charge in [-0.25, -0.2) is 0 Å². The van der Waals surface area contributed by atoms with Crippen LogP contribution in [-0.4, -0.2) is 19.9 Å². The molecule has 2 aromatic carbocycles. The van der Waals surface area contributed by atoms with Crippen LogP contribution in [0.25, 0.3) is 22.6 Å². The number of aromatic nitrogens is 4. The van der Waals surface area contributed by atoms with Crippen LogP contribution in [0, 0.1) is 11.3 Å². The maximum Gasteiger partial charge on any atom is 0.191 e. The van der Waals surface area contributed by atoms with Gasteiger partial charge in [0.1, 0.15) is 12.0 Å². The van der Waals surface area contributed by atoms with Gasteiger partial charge in [-0.15, -0.1) is 10.2 Å². The molecule has 0 fully saturated rings. The van der Waals surface area contributed by atoms with Gasteiger partial charge in [-0.1, -0.05) is 47.3 Å². The van der Waals surface area contributed by atoms with E-state index < -0.39 is 0 Å². The smallest absolute Gasteiger partial charge is 0.191 e. The van der Waals surface area contributed by atoms with E-state index in [1.165, 1.54) is 0 Å². The zero-order valence-electron chi connectivity index (χ0n) is 15.4. The van der Waals surface area contributed by atoms with Crippen molar-refractivity contribution in [3.05, 3.63) is 72.1 Å². The molecule has 0 radical (unpaired) electrons. The van der Waals surface area contributed by atoms with Crippen molar-refractivity contribution in [3.8, 4) is 28.7 Å². The monoisotopic (exact) mass is 387 g/mol. The third-order valence-corrected chi connectivity index (χ3v) is 5.60. The Morgan fingerprint density at radius 1 is 1.11 bits per heavy atom. The summed E-state index contributed by atoms with van der Waals surface area (Å²) in [6.07, 6.45) is 1.70. The van der Waals surface area contributed by atoms with E-state index >= 15 is 0 Å². The Balaban J connectivity index is 1.59. The van der Waals surface area contributed by atoms with Crippen molar-refractivity contribution in [2.24, 2.45) is 7.05 Å². The Morgan fingerprint density at radius 2 is 1.93 bits per heavy atom. The molecule has 7 heteroatoms. The van der Waals surface area contributed by atoms with Crippen LogP contribution in [-0.2, 0) is 7.05 Å². The van der Waals surface area contributed by atoms with Crippen LogP contribution in [0.1, 0.15) is 23.3 Å². The van der Waals surface area contributed by atoms with Crippen LogP contribution in [0.2, 0.25) is 0 Å². The number of aryl methyl sites for hydroxylation is 1. The lowest BCUT2D eigenvalue weighted by atomic mass is 10.0. The summed E-state index contributed by atoms with van der Waals surface area (Å²) in [6, 6.07) is 19.6. The lowest BCUT2D eigenvalue weighted by molar-refractivity contribution is 0.435. The zero-order chi connectivity index (χ0) is 19.5. The number of nitrogens with zero attached hydrogens (tertiary/aromatic N) is 5. The van der Waals surface area contributed by atoms with Gasteiger partial charge in [0.25, 0.3) is 0 Å². The Hall–Kier alpha value is -3.37. The molecular weight excluding hydrogens is 370 g/mol. The molecule has 4 aromatic rings. The minimum atomic E-state index is 0.206. The molecule has 138 valence electrons. The van der Waals surface area contributed by atoms with Gasteiger partial charge in [-0.3, -0.25) is 0 Å². The minimum absolute atomic E-state index is 0.206. The molecule has 0 spiro atoms. The molecule has 0 N–H and O–H groups in total. The number of benzene rings is 2. The molecule has 0 aliphatic rings. The van der Waals surface area contributed by atoms with Crippen LogP contribution in [0.3, 0.4) is 0 Å². The second kappa shape index (κ2) is 7.71. The second-order valence-electron chi connectivity index (χ2n) is 6.38. The van der Waals surface area contributed by atoms with Gasteiger partial charge in [-0.2, -0.15) is 5.26 Å². The van der Waals surface area contributed by atoms with Crippen LogP contribution in [0.5, 0.6) is 0 Å². The molecule has 4 rings (SSSR count). The van der Waals surface area contributed by atoms with Crippen molar-refractivity contribution in [2.45, 2.75) is 17.3 Å². The number of hydrogen-bond acceptors (Lipinski definition) is 6. The van der Waals surface area contributed by atoms with E-state index in [2.05, 4.69) is 40.5 Å². The summed E-state index contributed by atoms with van der Waals surface area (Å²) in [7, 11) is 1.93. The standard InChI is InChI=1S/C21H17N5OS/c1-14(28-21-24-23-13-26(21)2)16-6-4-8-18(10-16)20-11-19(25-27-20)17-7-3-5-15(9-17)12-22/h3-11,13-14H,1-2H3/t14-/m0/s1. The maximum absolute atomic E-state index is 9.08. The highest BCUT2D eigenvalue weighted by atomic mass is 32.2. The first-order chi connectivity index (χ1) is 13.6. The molecule has 28 heavy (non-hydrogen) atoms. The lowest BCUT2D eigenvalue weighted by Crippen LogP contribution is -1.94. The third kappa shape index (κ3) is 3.68. The van der Waals surface area contributed by atoms with Gasteiger partial charge >= 0.3 is 0 Å². The fraction of sp³-hybridized carbons (Fsp3) is 0.143. The van der Waals surface area contributed by atoms with Crippen molar-refractivity contribution in [2.75, 3.05) is 0 Å². The van der Waals surface area contributed by atoms with Gasteiger partial charge in [0, 0.05) is 29.5 Å². The Kier molecular flexibility index (Phi) is 4.96. The van der Waals surface area contributed by atoms with Crippen LogP contribution >= 0.6 is 11.8 Å². The SMILES string of the molecule is C[C@H](Sc1nncn1C)c1cccc(-c2cc(-c3cccc(C#N)c3)no2)c1. The number of thioether (sulfide) groups is 1. The van der Waals surface area contributed by atoms with Gasteiger partial charge in [0.2, 0.25) is 0 Å². The molecule has 0 amide bonds. The Labute approximate surface area is 166 Å². The minimum Gasteiger partial charge on any atom is -0.356 e. The van der Waals surface area contributed by atoms with Crippen molar-refractivity contribution >= 4 is 11.8 Å². The van der Waals surface area contributed by atoms with Gasteiger partial charge in [0.15, 0.2) is 10.9 Å². The molecule has 0 aliphatic heterocycles. The van der Waals surface area contributed by atoms with E-state index in [1.807, 2.05) is 41.9 Å². The molecular formula is C21H17N5OS. The summed E-state index contributed by atoms with van der Waals surface area (Å²) in [5.74, 6) is 0.690. The summed E-state index contributed by atoms with van der Waals surface area (Å²) in [4.78, 5) is 0. The van der Waals surface area contributed by atoms with Gasteiger partial charge in [0.05, 0.1) is 11.6 Å². The molecule has 0 saturated carbocycles. The molecule has 6 nitrogen and oxygen atoms in total. The molecule has 0 saturated heterocycles. The topological polar surface area (TPSA) is 80.5 Å². The van der Waals surface area contributed by atoms with Crippen molar-refractivity contribution in [3.63, 3.8) is 0 Å². The number of nitriles is 1. The van der Waals surface area contributed by atoms with E-state index in [4.69, 9.17) is 9.78 Å². The predicted molar refractivity (Wildman–Crippen MR) is 107 cm³/mol. The van der Waals surface area contributed by atoms with E-state index in [0.717, 1.165) is 21.8 Å². The first kappa shape index (κ1) is 18.0. The highest BCUT2D eigenvalue weighted by Gasteiger charge is 2.14. The fourth-order valence-corrected chi connectivity index (χ4v) is 3.75. The lowest BCUT2D eigenvalue weighted by Gasteiger charge is -2.11. The highest BCUT2D eigenvalue weighted by Crippen LogP contribution is 2.35. The van der Waals surface area contributed by atoms with E-state index in [-0.39, 0.29) is 5.25 Å². The van der Waals surface area contributed by atoms with Crippen LogP contribution in [0.15, 0.2) is 70.6 Å². The second-order valence-corrected chi connectivity index (χ2v) is 7.69. The molecule has 0 bridgehead atoms. The summed E-state index contributed by atoms with van der Waals surface area (Å²) in [5, 5.41) is 22.4. The average Bonchev–Trinajstić information content (AvgIpc) is 3.38. The fourth-order valence-electron chi connectivity index (χ4n) is 2.85. The molecule has 1 atom stereocenters. The van der Waals surface area contributed by atoms with Crippen molar-refractivity contribution < 1.29 is 4.52 Å². The number of rotatable bonds is 5. The summed E-state index contributed by atoms with van der Waals surface area (Å²) in [6.45, 7) is 2.14. The predicted octanol–water partition coefficient (Wildman–Crippen LogP) is 4.86. The first-order valence-electron chi connectivity index (χ1n) is 8.72. The van der Waals surface area contributed by atoms with Gasteiger partial charge < -0.3 is 9.09 Å². The average molecular weight is 387 g/mol. The molecule has 0 unspecified atom stereocenters. The normalized spacial score (nSPS) is 11.9. The third-order valence-electron chi connectivity index (χ3n) is 4.39. The van der Waals surface area contributed by atoms with Crippen molar-refractivity contribution in [1.29, 1.82) is 5.26 Å². The maximum atomic E-state index is 9.08. The van der Waals surface area contributed by atoms with Gasteiger partial charge in [-0.05, 0) is 30.7 Å². The molecule has 2 heterocycles. The first-order valence-corrected chi connectivity index (χ1v) is 9.60. The summed E-state index contributed by atoms with van der Waals surface area (Å²) < 4.78 is 7.48. The largest absolute Gasteiger partial charge is 0.356 e. The van der Waals surface area contributed by atoms with E-state index in [1.54, 1.807) is 30.2 Å². The highest BCUT2D eigenvalue weighted by molar-refractivity contribution is 7.99. The van der Waals surface area contributed by atoms with Crippen LogP contribution < -0.4 is 0 Å².